The fraction of sp³-hybridized carbons (Fsp3) is 0.818. The quantitative estimate of drug-likeness (QED) is 0.795. The first-order valence-corrected chi connectivity index (χ1v) is 6.77. The topological polar surface area (TPSA) is 50.9 Å². The molecule has 1 N–H and O–H groups in total. The van der Waals surface area contributed by atoms with Crippen LogP contribution < -0.4 is 0 Å². The SMILES string of the molecule is CC(C)Cn1ncnc1CSC(C)CCO. The van der Waals surface area contributed by atoms with Crippen LogP contribution in [0.15, 0.2) is 6.33 Å². The molecule has 1 unspecified atom stereocenters. The van der Waals surface area contributed by atoms with Crippen molar-refractivity contribution in [3.8, 4) is 0 Å². The summed E-state index contributed by atoms with van der Waals surface area (Å²) in [5.74, 6) is 2.48. The number of aromatic nitrogens is 3. The van der Waals surface area contributed by atoms with Gasteiger partial charge in [0, 0.05) is 18.4 Å². The van der Waals surface area contributed by atoms with Crippen LogP contribution in [0.2, 0.25) is 0 Å². The van der Waals surface area contributed by atoms with E-state index in [-0.39, 0.29) is 6.61 Å². The zero-order valence-electron chi connectivity index (χ0n) is 10.3. The Labute approximate surface area is 101 Å². The Morgan fingerprint density at radius 2 is 2.19 bits per heavy atom. The molecule has 0 aliphatic heterocycles. The van der Waals surface area contributed by atoms with Crippen molar-refractivity contribution >= 4 is 11.8 Å². The van der Waals surface area contributed by atoms with Crippen LogP contribution in [0.3, 0.4) is 0 Å². The van der Waals surface area contributed by atoms with Crippen LogP contribution in [0, 0.1) is 5.92 Å². The second kappa shape index (κ2) is 6.91. The van der Waals surface area contributed by atoms with E-state index in [1.165, 1.54) is 0 Å². The van der Waals surface area contributed by atoms with Gasteiger partial charge in [-0.05, 0) is 12.3 Å². The molecule has 0 amide bonds. The minimum atomic E-state index is 0.257. The molecule has 0 bridgehead atoms. The van der Waals surface area contributed by atoms with Gasteiger partial charge in [0.05, 0.1) is 5.75 Å². The van der Waals surface area contributed by atoms with Crippen molar-refractivity contribution in [3.63, 3.8) is 0 Å². The fourth-order valence-electron chi connectivity index (χ4n) is 1.38. The van der Waals surface area contributed by atoms with Crippen molar-refractivity contribution in [1.82, 2.24) is 14.8 Å². The first-order chi connectivity index (χ1) is 7.63. The van der Waals surface area contributed by atoms with Gasteiger partial charge < -0.3 is 5.11 Å². The van der Waals surface area contributed by atoms with Crippen molar-refractivity contribution in [3.05, 3.63) is 12.2 Å². The van der Waals surface area contributed by atoms with Gasteiger partial charge in [0.15, 0.2) is 0 Å². The molecule has 4 nitrogen and oxygen atoms in total. The highest BCUT2D eigenvalue weighted by molar-refractivity contribution is 7.99. The summed E-state index contributed by atoms with van der Waals surface area (Å²) < 4.78 is 1.98. The molecule has 1 atom stereocenters. The summed E-state index contributed by atoms with van der Waals surface area (Å²) in [7, 11) is 0. The molecule has 16 heavy (non-hydrogen) atoms. The number of thioether (sulfide) groups is 1. The zero-order valence-corrected chi connectivity index (χ0v) is 11.1. The van der Waals surface area contributed by atoms with Crippen LogP contribution in [0.1, 0.15) is 33.0 Å². The van der Waals surface area contributed by atoms with Gasteiger partial charge in [0.25, 0.3) is 0 Å². The largest absolute Gasteiger partial charge is 0.396 e. The summed E-state index contributed by atoms with van der Waals surface area (Å²) in [5.41, 5.74) is 0. The van der Waals surface area contributed by atoms with Crippen molar-refractivity contribution in [2.45, 2.75) is 44.7 Å². The monoisotopic (exact) mass is 243 g/mol. The average molecular weight is 243 g/mol. The van der Waals surface area contributed by atoms with Gasteiger partial charge >= 0.3 is 0 Å². The van der Waals surface area contributed by atoms with Gasteiger partial charge in [-0.15, -0.1) is 0 Å². The number of nitrogens with zero attached hydrogens (tertiary/aromatic N) is 3. The summed E-state index contributed by atoms with van der Waals surface area (Å²) >= 11 is 1.82. The third kappa shape index (κ3) is 4.53. The normalized spacial score (nSPS) is 13.3. The van der Waals surface area contributed by atoms with E-state index >= 15 is 0 Å². The first kappa shape index (κ1) is 13.5. The Bertz CT molecular complexity index is 301. The maximum Gasteiger partial charge on any atom is 0.138 e. The van der Waals surface area contributed by atoms with E-state index in [0.717, 1.165) is 24.5 Å². The number of hydrogen-bond acceptors (Lipinski definition) is 4. The molecule has 0 radical (unpaired) electrons. The van der Waals surface area contributed by atoms with E-state index < -0.39 is 0 Å². The maximum atomic E-state index is 8.82. The summed E-state index contributed by atoms with van der Waals surface area (Å²) in [6, 6.07) is 0. The van der Waals surface area contributed by atoms with Crippen LogP contribution in [0.4, 0.5) is 0 Å². The highest BCUT2D eigenvalue weighted by Crippen LogP contribution is 2.18. The van der Waals surface area contributed by atoms with Crippen LogP contribution >= 0.6 is 11.8 Å². The molecular formula is C11H21N3OS. The second-order valence-electron chi connectivity index (χ2n) is 4.39. The maximum absolute atomic E-state index is 8.82. The molecule has 0 aliphatic rings. The van der Waals surface area contributed by atoms with Crippen LogP contribution in [-0.4, -0.2) is 31.7 Å². The van der Waals surface area contributed by atoms with E-state index in [1.54, 1.807) is 6.33 Å². The Morgan fingerprint density at radius 3 is 2.81 bits per heavy atom. The van der Waals surface area contributed by atoms with E-state index in [0.29, 0.717) is 11.2 Å². The standard InChI is InChI=1S/C11H21N3OS/c1-9(2)6-14-11(12-8-13-14)7-16-10(3)4-5-15/h8-10,15H,4-7H2,1-3H3. The molecule has 0 aliphatic carbocycles. The van der Waals surface area contributed by atoms with E-state index in [2.05, 4.69) is 30.9 Å². The molecule has 0 fully saturated rings. The summed E-state index contributed by atoms with van der Waals surface area (Å²) in [6.45, 7) is 7.65. The molecular weight excluding hydrogens is 222 g/mol. The van der Waals surface area contributed by atoms with Crippen molar-refractivity contribution in [2.75, 3.05) is 6.61 Å². The Kier molecular flexibility index (Phi) is 5.84. The minimum absolute atomic E-state index is 0.257. The molecule has 1 aromatic heterocycles. The van der Waals surface area contributed by atoms with Gasteiger partial charge in [-0.1, -0.05) is 20.8 Å². The van der Waals surface area contributed by atoms with Gasteiger partial charge in [-0.25, -0.2) is 9.67 Å². The molecule has 1 heterocycles. The van der Waals surface area contributed by atoms with Crippen LogP contribution in [0.5, 0.6) is 0 Å². The van der Waals surface area contributed by atoms with Crippen LogP contribution in [-0.2, 0) is 12.3 Å². The summed E-state index contributed by atoms with van der Waals surface area (Å²) in [5, 5.41) is 13.5. The number of hydrogen-bond donors (Lipinski definition) is 1. The molecule has 1 rings (SSSR count). The molecule has 0 saturated heterocycles. The predicted octanol–water partition coefficient (Wildman–Crippen LogP) is 1.94. The number of aliphatic hydroxyl groups excluding tert-OH is 1. The number of rotatable bonds is 7. The van der Waals surface area contributed by atoms with Gasteiger partial charge in [-0.2, -0.15) is 16.9 Å². The summed E-state index contributed by atoms with van der Waals surface area (Å²) in [6.07, 6.45) is 2.46. The molecule has 5 heteroatoms. The fourth-order valence-corrected chi connectivity index (χ4v) is 2.31. The van der Waals surface area contributed by atoms with Gasteiger partial charge in [0.2, 0.25) is 0 Å². The van der Waals surface area contributed by atoms with Crippen molar-refractivity contribution in [1.29, 1.82) is 0 Å². The second-order valence-corrected chi connectivity index (χ2v) is 5.81. The lowest BCUT2D eigenvalue weighted by atomic mass is 10.2. The summed E-state index contributed by atoms with van der Waals surface area (Å²) in [4.78, 5) is 4.27. The van der Waals surface area contributed by atoms with Gasteiger partial charge in [0.1, 0.15) is 12.2 Å². The highest BCUT2D eigenvalue weighted by atomic mass is 32.2. The zero-order chi connectivity index (χ0) is 12.0. The van der Waals surface area contributed by atoms with E-state index in [4.69, 9.17) is 5.11 Å². The lowest BCUT2D eigenvalue weighted by molar-refractivity contribution is 0.289. The molecule has 1 aromatic rings. The molecule has 92 valence electrons. The third-order valence-electron chi connectivity index (χ3n) is 2.27. The smallest absolute Gasteiger partial charge is 0.138 e. The lowest BCUT2D eigenvalue weighted by Gasteiger charge is -2.11. The molecule has 0 spiro atoms. The predicted molar refractivity (Wildman–Crippen MR) is 67.3 cm³/mol. The third-order valence-corrected chi connectivity index (χ3v) is 3.50. The lowest BCUT2D eigenvalue weighted by Crippen LogP contribution is -2.10. The Hall–Kier alpha value is -0.550. The van der Waals surface area contributed by atoms with Crippen LogP contribution in [0.25, 0.3) is 0 Å². The Balaban J connectivity index is 2.44. The molecule has 0 saturated carbocycles. The van der Waals surface area contributed by atoms with E-state index in [9.17, 15) is 0 Å². The first-order valence-electron chi connectivity index (χ1n) is 5.72. The van der Waals surface area contributed by atoms with Crippen molar-refractivity contribution < 1.29 is 5.11 Å². The van der Waals surface area contributed by atoms with Crippen molar-refractivity contribution in [2.24, 2.45) is 5.92 Å². The highest BCUT2D eigenvalue weighted by Gasteiger charge is 2.08. The van der Waals surface area contributed by atoms with E-state index in [1.807, 2.05) is 16.4 Å². The molecule has 0 aromatic carbocycles. The number of aliphatic hydroxyl groups is 1. The minimum Gasteiger partial charge on any atom is -0.396 e. The van der Waals surface area contributed by atoms with Gasteiger partial charge in [-0.3, -0.25) is 0 Å². The average Bonchev–Trinajstić information content (AvgIpc) is 2.62. The Morgan fingerprint density at radius 1 is 1.44 bits per heavy atom.